The molecule has 0 spiro atoms. The molecule has 298 valence electrons. The van der Waals surface area contributed by atoms with Gasteiger partial charge in [0.1, 0.15) is 5.78 Å². The SMILES string of the molecule is CCC(C)(CCC(=O)O)OCCC(C)(C)OCCN(C(=O)C(C)(C)CC(C)(C)CC(=O)C(C)(C)C)C1CCN(C(=O)C(C)(C)CC(C)(C)C)CC1. The first kappa shape index (κ1) is 47.0. The lowest BCUT2D eigenvalue weighted by molar-refractivity contribution is -0.151. The van der Waals surface area contributed by atoms with Crippen molar-refractivity contribution >= 4 is 23.6 Å². The summed E-state index contributed by atoms with van der Waals surface area (Å²) in [4.78, 5) is 56.4. The Hall–Kier alpha value is -2.00. The Morgan fingerprint density at radius 1 is 0.745 bits per heavy atom. The van der Waals surface area contributed by atoms with Gasteiger partial charge < -0.3 is 24.4 Å². The van der Waals surface area contributed by atoms with Crippen LogP contribution in [0.5, 0.6) is 0 Å². The third kappa shape index (κ3) is 16.3. The molecule has 9 heteroatoms. The van der Waals surface area contributed by atoms with Gasteiger partial charge in [-0.3, -0.25) is 19.2 Å². The lowest BCUT2D eigenvalue weighted by Gasteiger charge is -2.45. The number of nitrogens with zero attached hydrogens (tertiary/aromatic N) is 2. The topological polar surface area (TPSA) is 113 Å². The molecule has 1 N–H and O–H groups in total. The van der Waals surface area contributed by atoms with Crippen molar-refractivity contribution in [3.05, 3.63) is 0 Å². The summed E-state index contributed by atoms with van der Waals surface area (Å²) in [5.41, 5.74) is -2.97. The van der Waals surface area contributed by atoms with Crippen molar-refractivity contribution < 1.29 is 33.8 Å². The van der Waals surface area contributed by atoms with E-state index in [4.69, 9.17) is 14.6 Å². The predicted octanol–water partition coefficient (Wildman–Crippen LogP) is 8.95. The number of carbonyl (C=O) groups is 4. The van der Waals surface area contributed by atoms with E-state index < -0.39 is 33.4 Å². The molecule has 51 heavy (non-hydrogen) atoms. The van der Waals surface area contributed by atoms with E-state index in [1.54, 1.807) is 0 Å². The highest BCUT2D eigenvalue weighted by Gasteiger charge is 2.43. The van der Waals surface area contributed by atoms with Crippen LogP contribution in [0.15, 0.2) is 0 Å². The number of aliphatic carboxylic acids is 1. The largest absolute Gasteiger partial charge is 0.481 e. The van der Waals surface area contributed by atoms with Crippen LogP contribution < -0.4 is 0 Å². The summed E-state index contributed by atoms with van der Waals surface area (Å²) in [6, 6.07) is -0.0274. The molecule has 1 fully saturated rings. The smallest absolute Gasteiger partial charge is 0.303 e. The maximum Gasteiger partial charge on any atom is 0.303 e. The van der Waals surface area contributed by atoms with Crippen LogP contribution in [-0.2, 0) is 28.7 Å². The van der Waals surface area contributed by atoms with Gasteiger partial charge in [-0.25, -0.2) is 0 Å². The van der Waals surface area contributed by atoms with E-state index in [-0.39, 0.29) is 40.9 Å². The van der Waals surface area contributed by atoms with Crippen LogP contribution >= 0.6 is 0 Å². The summed E-state index contributed by atoms with van der Waals surface area (Å²) in [6.45, 7) is 35.0. The Morgan fingerprint density at radius 3 is 1.76 bits per heavy atom. The van der Waals surface area contributed by atoms with E-state index in [1.165, 1.54) is 0 Å². The van der Waals surface area contributed by atoms with Crippen LogP contribution in [0.4, 0.5) is 0 Å². The zero-order chi connectivity index (χ0) is 39.9. The number of rotatable bonds is 20. The summed E-state index contributed by atoms with van der Waals surface area (Å²) < 4.78 is 12.6. The summed E-state index contributed by atoms with van der Waals surface area (Å²) in [7, 11) is 0. The zero-order valence-corrected chi connectivity index (χ0v) is 35.8. The second-order valence-electron chi connectivity index (χ2n) is 20.6. The summed E-state index contributed by atoms with van der Waals surface area (Å²) in [5.74, 6) is -0.403. The highest BCUT2D eigenvalue weighted by molar-refractivity contribution is 5.85. The van der Waals surface area contributed by atoms with Gasteiger partial charge in [0.15, 0.2) is 0 Å². The third-order valence-corrected chi connectivity index (χ3v) is 10.6. The van der Waals surface area contributed by atoms with Gasteiger partial charge in [0.05, 0.1) is 24.4 Å². The molecule has 0 bridgehead atoms. The highest BCUT2D eigenvalue weighted by atomic mass is 16.5. The average Bonchev–Trinajstić information content (AvgIpc) is 2.95. The molecule has 1 aliphatic heterocycles. The minimum absolute atomic E-state index is 0.0274. The van der Waals surface area contributed by atoms with Crippen LogP contribution in [0, 0.1) is 27.1 Å². The normalized spacial score (nSPS) is 16.9. The highest BCUT2D eigenvalue weighted by Crippen LogP contribution is 2.41. The fourth-order valence-electron chi connectivity index (χ4n) is 7.84. The second-order valence-corrected chi connectivity index (χ2v) is 20.6. The van der Waals surface area contributed by atoms with Crippen molar-refractivity contribution in [2.24, 2.45) is 27.1 Å². The maximum atomic E-state index is 14.6. The van der Waals surface area contributed by atoms with Gasteiger partial charge in [0.2, 0.25) is 11.8 Å². The van der Waals surface area contributed by atoms with Gasteiger partial charge in [-0.05, 0) is 76.5 Å². The second kappa shape index (κ2) is 17.9. The van der Waals surface area contributed by atoms with Crippen molar-refractivity contribution in [3.8, 4) is 0 Å². The molecular weight excluding hydrogens is 644 g/mol. The van der Waals surface area contributed by atoms with E-state index >= 15 is 0 Å². The molecule has 0 radical (unpaired) electrons. The number of Topliss-reactive ketones (excluding diaryl/α,β-unsaturated/α-hetero) is 1. The fourth-order valence-corrected chi connectivity index (χ4v) is 7.84. The van der Waals surface area contributed by atoms with E-state index in [1.807, 2.05) is 86.0 Å². The van der Waals surface area contributed by atoms with Crippen molar-refractivity contribution in [1.29, 1.82) is 0 Å². The number of carboxylic acid groups (broad SMARTS) is 1. The first-order valence-electron chi connectivity index (χ1n) is 19.5. The van der Waals surface area contributed by atoms with Crippen LogP contribution in [0.2, 0.25) is 0 Å². The molecule has 9 nitrogen and oxygen atoms in total. The monoisotopic (exact) mass is 723 g/mol. The van der Waals surface area contributed by atoms with Gasteiger partial charge in [0.25, 0.3) is 0 Å². The molecule has 0 aliphatic carbocycles. The number of ether oxygens (including phenoxy) is 2. The molecule has 2 amide bonds. The molecule has 1 atom stereocenters. The third-order valence-electron chi connectivity index (χ3n) is 10.6. The van der Waals surface area contributed by atoms with E-state index in [9.17, 15) is 19.2 Å². The number of likely N-dealkylation sites (tertiary alicyclic amines) is 1. The van der Waals surface area contributed by atoms with E-state index in [0.29, 0.717) is 77.8 Å². The van der Waals surface area contributed by atoms with Gasteiger partial charge in [0, 0.05) is 54.8 Å². The molecule has 1 saturated heterocycles. The lowest BCUT2D eigenvalue weighted by atomic mass is 9.69. The average molecular weight is 723 g/mol. The van der Waals surface area contributed by atoms with Crippen LogP contribution in [-0.4, -0.2) is 88.6 Å². The Kier molecular flexibility index (Phi) is 16.5. The lowest BCUT2D eigenvalue weighted by Crippen LogP contribution is -2.55. The molecule has 0 aromatic heterocycles. The molecule has 1 aliphatic rings. The summed E-state index contributed by atoms with van der Waals surface area (Å²) in [5, 5.41) is 9.14. The van der Waals surface area contributed by atoms with Crippen LogP contribution in [0.1, 0.15) is 169 Å². The van der Waals surface area contributed by atoms with Crippen molar-refractivity contribution in [2.45, 2.75) is 186 Å². The molecule has 0 saturated carbocycles. The van der Waals surface area contributed by atoms with Gasteiger partial charge in [-0.1, -0.05) is 90.0 Å². The first-order chi connectivity index (χ1) is 22.9. The Labute approximate surface area is 312 Å². The number of ketones is 1. The number of carbonyl (C=O) groups excluding carboxylic acids is 3. The van der Waals surface area contributed by atoms with Crippen molar-refractivity contribution in [2.75, 3.05) is 32.8 Å². The van der Waals surface area contributed by atoms with Crippen molar-refractivity contribution in [3.63, 3.8) is 0 Å². The minimum Gasteiger partial charge on any atom is -0.481 e. The molecule has 1 unspecified atom stereocenters. The number of amides is 2. The molecule has 0 aromatic rings. The zero-order valence-electron chi connectivity index (χ0n) is 35.8. The quantitative estimate of drug-likeness (QED) is 0.134. The summed E-state index contributed by atoms with van der Waals surface area (Å²) >= 11 is 0. The molecule has 1 rings (SSSR count). The summed E-state index contributed by atoms with van der Waals surface area (Å²) in [6.07, 6.45) is 5.03. The number of piperidine rings is 1. The number of hydrogen-bond donors (Lipinski definition) is 1. The van der Waals surface area contributed by atoms with Crippen molar-refractivity contribution in [1.82, 2.24) is 9.80 Å². The van der Waals surface area contributed by atoms with Gasteiger partial charge in [-0.2, -0.15) is 0 Å². The first-order valence-corrected chi connectivity index (χ1v) is 19.5. The van der Waals surface area contributed by atoms with E-state index in [0.717, 1.165) is 6.42 Å². The molecule has 1 heterocycles. The Balaban J connectivity index is 3.13. The number of carboxylic acids is 1. The Bertz CT molecular complexity index is 1170. The van der Waals surface area contributed by atoms with Gasteiger partial charge >= 0.3 is 5.97 Å². The van der Waals surface area contributed by atoms with Crippen LogP contribution in [0.3, 0.4) is 0 Å². The fraction of sp³-hybridized carbons (Fsp3) is 0.905. The number of hydrogen-bond acceptors (Lipinski definition) is 6. The molecular formula is C42H78N2O7. The minimum atomic E-state index is -0.826. The maximum absolute atomic E-state index is 14.6. The van der Waals surface area contributed by atoms with Crippen LogP contribution in [0.25, 0.3) is 0 Å². The standard InChI is InChI=1S/C42H78N2O7/c1-17-42(16,21-18-33(46)47)51-26-22-41(14,15)50-27-25-44(35(49)40(12,13)30-38(8,9)28-32(45)37(5,6)7)31-19-23-43(24-20-31)34(48)39(10,11)29-36(2,3)4/h31H,17-30H2,1-16H3,(H,46,47). The predicted molar refractivity (Wildman–Crippen MR) is 207 cm³/mol. The Morgan fingerprint density at radius 2 is 1.29 bits per heavy atom. The molecule has 0 aromatic carbocycles. The van der Waals surface area contributed by atoms with E-state index in [2.05, 4.69) is 34.6 Å². The van der Waals surface area contributed by atoms with Gasteiger partial charge in [-0.15, -0.1) is 0 Å².